The van der Waals surface area contributed by atoms with Crippen molar-refractivity contribution in [2.75, 3.05) is 26.1 Å². The molecule has 0 aromatic heterocycles. The molecule has 3 aromatic rings. The van der Waals surface area contributed by atoms with E-state index < -0.39 is 17.8 Å². The third-order valence-electron chi connectivity index (χ3n) is 5.22. The minimum atomic E-state index is -0.676. The average Bonchev–Trinajstić information content (AvgIpc) is 2.94. The molecule has 1 aliphatic heterocycles. The van der Waals surface area contributed by atoms with Crippen LogP contribution in [-0.2, 0) is 4.79 Å². The molecule has 0 bridgehead atoms. The van der Waals surface area contributed by atoms with E-state index >= 15 is 0 Å². The quantitative estimate of drug-likeness (QED) is 0.692. The lowest BCUT2D eigenvalue weighted by Gasteiger charge is -2.31. The van der Waals surface area contributed by atoms with Gasteiger partial charge in [0.15, 0.2) is 0 Å². The van der Waals surface area contributed by atoms with Gasteiger partial charge in [-0.3, -0.25) is 9.59 Å². The Labute approximate surface area is 179 Å². The van der Waals surface area contributed by atoms with Gasteiger partial charge in [-0.2, -0.15) is 0 Å². The fraction of sp³-hybridized carbons (Fsp3) is 0.167. The molecule has 1 aliphatic rings. The number of anilines is 1. The molecule has 3 aromatic carbocycles. The highest BCUT2D eigenvalue weighted by atomic mass is 19.1. The van der Waals surface area contributed by atoms with Gasteiger partial charge in [-0.15, -0.1) is 0 Å². The molecule has 0 radical (unpaired) electrons. The van der Waals surface area contributed by atoms with E-state index in [1.54, 1.807) is 18.2 Å². The molecule has 0 unspecified atom stereocenters. The number of carbonyl (C=O) groups excluding carboxylic acids is 2. The summed E-state index contributed by atoms with van der Waals surface area (Å²) in [7, 11) is 2.98. The first-order valence-corrected chi connectivity index (χ1v) is 9.69. The van der Waals surface area contributed by atoms with Gasteiger partial charge in [0.25, 0.3) is 5.91 Å². The number of hydrogen-bond donors (Lipinski definition) is 1. The molecule has 2 amide bonds. The number of nitrogens with one attached hydrogen (secondary N) is 1. The lowest BCUT2D eigenvalue weighted by molar-refractivity contribution is -0.117. The molecule has 6 nitrogen and oxygen atoms in total. The highest BCUT2D eigenvalue weighted by Crippen LogP contribution is 2.38. The number of carbonyl (C=O) groups is 2. The zero-order valence-electron chi connectivity index (χ0n) is 17.1. The maximum Gasteiger partial charge on any atom is 0.258 e. The van der Waals surface area contributed by atoms with Crippen molar-refractivity contribution in [3.8, 4) is 11.5 Å². The number of ether oxygens (including phenoxy) is 2. The maximum absolute atomic E-state index is 14.2. The number of rotatable bonds is 4. The molecular weight excluding hydrogens is 399 g/mol. The molecule has 158 valence electrons. The van der Waals surface area contributed by atoms with Crippen LogP contribution in [-0.4, -0.2) is 37.5 Å². The molecule has 0 saturated carbocycles. The summed E-state index contributed by atoms with van der Waals surface area (Å²) in [5.74, 6) is -0.382. The van der Waals surface area contributed by atoms with Gasteiger partial charge in [0.2, 0.25) is 5.91 Å². The van der Waals surface area contributed by atoms with Crippen molar-refractivity contribution >= 4 is 17.5 Å². The van der Waals surface area contributed by atoms with Crippen molar-refractivity contribution < 1.29 is 23.5 Å². The zero-order chi connectivity index (χ0) is 22.0. The van der Waals surface area contributed by atoms with Crippen molar-refractivity contribution in [3.05, 3.63) is 89.2 Å². The lowest BCUT2D eigenvalue weighted by Crippen LogP contribution is -2.39. The number of benzene rings is 3. The van der Waals surface area contributed by atoms with Gasteiger partial charge < -0.3 is 19.7 Å². The summed E-state index contributed by atoms with van der Waals surface area (Å²) >= 11 is 0. The zero-order valence-corrected chi connectivity index (χ0v) is 17.1. The molecule has 1 N–H and O–H groups in total. The number of halogens is 1. The third kappa shape index (κ3) is 3.94. The second-order valence-electron chi connectivity index (χ2n) is 7.09. The van der Waals surface area contributed by atoms with Gasteiger partial charge in [0.05, 0.1) is 25.8 Å². The molecule has 7 heteroatoms. The number of methoxy groups -OCH3 is 2. The monoisotopic (exact) mass is 420 g/mol. The van der Waals surface area contributed by atoms with Crippen LogP contribution in [0.15, 0.2) is 66.7 Å². The minimum Gasteiger partial charge on any atom is -0.497 e. The van der Waals surface area contributed by atoms with E-state index in [1.807, 2.05) is 30.3 Å². The van der Waals surface area contributed by atoms with Crippen LogP contribution in [0.4, 0.5) is 10.1 Å². The van der Waals surface area contributed by atoms with E-state index in [0.29, 0.717) is 22.7 Å². The van der Waals surface area contributed by atoms with E-state index in [9.17, 15) is 14.0 Å². The molecule has 0 saturated heterocycles. The van der Waals surface area contributed by atoms with Crippen LogP contribution in [0.5, 0.6) is 11.5 Å². The van der Waals surface area contributed by atoms with E-state index in [0.717, 1.165) is 5.56 Å². The van der Waals surface area contributed by atoms with Crippen LogP contribution in [0.2, 0.25) is 0 Å². The maximum atomic E-state index is 14.2. The first-order valence-electron chi connectivity index (χ1n) is 9.69. The van der Waals surface area contributed by atoms with Crippen LogP contribution in [0.1, 0.15) is 27.5 Å². The largest absolute Gasteiger partial charge is 0.497 e. The summed E-state index contributed by atoms with van der Waals surface area (Å²) in [4.78, 5) is 27.8. The topological polar surface area (TPSA) is 67.9 Å². The van der Waals surface area contributed by atoms with Crippen molar-refractivity contribution in [2.45, 2.75) is 6.04 Å². The Kier molecular flexibility index (Phi) is 5.58. The molecule has 0 fully saturated rings. The normalized spacial score (nSPS) is 15.5. The molecule has 1 heterocycles. The SMILES string of the molecule is COc1ccc(C(=O)N2CC(=O)Nc3ccc(F)cc3[C@@H]2c2ccccc2)c(OC)c1. The number of fused-ring (bicyclic) bond motifs is 1. The fourth-order valence-electron chi connectivity index (χ4n) is 3.79. The Bertz CT molecular complexity index is 1130. The highest BCUT2D eigenvalue weighted by molar-refractivity contribution is 6.03. The molecule has 0 spiro atoms. The number of hydrogen-bond acceptors (Lipinski definition) is 4. The Hall–Kier alpha value is -3.87. The van der Waals surface area contributed by atoms with Crippen LogP contribution in [0, 0.1) is 5.82 Å². The standard InChI is InChI=1S/C24H21FN2O4/c1-30-17-9-10-18(21(13-17)31-2)24(29)27-14-22(28)26-20-11-8-16(25)12-19(20)23(27)15-6-4-3-5-7-15/h3-13,23H,14H2,1-2H3,(H,26,28)/t23-/m0/s1. The number of amides is 2. The Balaban J connectivity index is 1.88. The summed E-state index contributed by atoms with van der Waals surface area (Å²) in [5.41, 5.74) is 2.00. The first-order chi connectivity index (χ1) is 15.0. The molecule has 4 rings (SSSR count). The van der Waals surface area contributed by atoms with Crippen LogP contribution in [0.3, 0.4) is 0 Å². The Morgan fingerprint density at radius 3 is 2.52 bits per heavy atom. The lowest BCUT2D eigenvalue weighted by atomic mass is 9.95. The summed E-state index contributed by atoms with van der Waals surface area (Å²) in [5, 5.41) is 2.78. The molecule has 0 aliphatic carbocycles. The van der Waals surface area contributed by atoms with E-state index in [1.165, 1.54) is 37.3 Å². The summed E-state index contributed by atoms with van der Waals surface area (Å²) in [6, 6.07) is 17.6. The van der Waals surface area contributed by atoms with Gasteiger partial charge in [-0.05, 0) is 35.9 Å². The second-order valence-corrected chi connectivity index (χ2v) is 7.09. The summed E-state index contributed by atoms with van der Waals surface area (Å²) in [6.45, 7) is -0.204. The van der Waals surface area contributed by atoms with Gasteiger partial charge in [0, 0.05) is 17.3 Å². The summed E-state index contributed by atoms with van der Waals surface area (Å²) < 4.78 is 24.8. The second kappa shape index (κ2) is 8.47. The average molecular weight is 420 g/mol. The Morgan fingerprint density at radius 1 is 1.03 bits per heavy atom. The van der Waals surface area contributed by atoms with Crippen molar-refractivity contribution in [1.29, 1.82) is 0 Å². The first kappa shape index (κ1) is 20.4. The van der Waals surface area contributed by atoms with Crippen LogP contribution >= 0.6 is 0 Å². The molecule has 31 heavy (non-hydrogen) atoms. The van der Waals surface area contributed by atoms with Gasteiger partial charge in [-0.1, -0.05) is 30.3 Å². The number of nitrogens with zero attached hydrogens (tertiary/aromatic N) is 1. The predicted molar refractivity (Wildman–Crippen MR) is 114 cm³/mol. The van der Waals surface area contributed by atoms with Crippen molar-refractivity contribution in [1.82, 2.24) is 4.90 Å². The van der Waals surface area contributed by atoms with Crippen molar-refractivity contribution in [3.63, 3.8) is 0 Å². The third-order valence-corrected chi connectivity index (χ3v) is 5.22. The predicted octanol–water partition coefficient (Wildman–Crippen LogP) is 4.03. The van der Waals surface area contributed by atoms with E-state index in [2.05, 4.69) is 5.32 Å². The Morgan fingerprint density at radius 2 is 1.81 bits per heavy atom. The van der Waals surface area contributed by atoms with Crippen molar-refractivity contribution in [2.24, 2.45) is 0 Å². The minimum absolute atomic E-state index is 0.204. The van der Waals surface area contributed by atoms with Crippen LogP contribution < -0.4 is 14.8 Å². The molecule has 1 atom stereocenters. The van der Waals surface area contributed by atoms with Gasteiger partial charge in [-0.25, -0.2) is 4.39 Å². The highest BCUT2D eigenvalue weighted by Gasteiger charge is 2.35. The molecular formula is C24H21FN2O4. The van der Waals surface area contributed by atoms with E-state index in [4.69, 9.17) is 9.47 Å². The van der Waals surface area contributed by atoms with Gasteiger partial charge in [0.1, 0.15) is 23.9 Å². The van der Waals surface area contributed by atoms with Gasteiger partial charge >= 0.3 is 0 Å². The fourth-order valence-corrected chi connectivity index (χ4v) is 3.79. The van der Waals surface area contributed by atoms with Crippen LogP contribution in [0.25, 0.3) is 0 Å². The summed E-state index contributed by atoms with van der Waals surface area (Å²) in [6.07, 6.45) is 0. The van der Waals surface area contributed by atoms with E-state index in [-0.39, 0.29) is 18.0 Å². The smallest absolute Gasteiger partial charge is 0.258 e.